The summed E-state index contributed by atoms with van der Waals surface area (Å²) < 4.78 is 10.2. The van der Waals surface area contributed by atoms with Crippen LogP contribution in [0.25, 0.3) is 0 Å². The third-order valence-corrected chi connectivity index (χ3v) is 3.61. The topological polar surface area (TPSA) is 84.9 Å². The monoisotopic (exact) mass is 384 g/mol. The minimum absolute atomic E-state index is 0.132. The van der Waals surface area contributed by atoms with Crippen LogP contribution >= 0.6 is 11.6 Å². The standard InChI is InChI=1S/C18H25ClN2O5/c1-3-10-21(11-9-18(24)25-4-2)17(23)12-20-16(22)13-26-15-7-5-14(19)6-8-15/h5-8H,3-4,9-13H2,1-2H3,(H,20,22). The molecule has 2 amide bonds. The van der Waals surface area contributed by atoms with Crippen molar-refractivity contribution < 1.29 is 23.9 Å². The van der Waals surface area contributed by atoms with Gasteiger partial charge in [0.15, 0.2) is 6.61 Å². The van der Waals surface area contributed by atoms with Gasteiger partial charge in [-0.15, -0.1) is 0 Å². The molecule has 0 fully saturated rings. The van der Waals surface area contributed by atoms with Crippen molar-refractivity contribution >= 4 is 29.4 Å². The lowest BCUT2D eigenvalue weighted by Gasteiger charge is -2.22. The average Bonchev–Trinajstić information content (AvgIpc) is 2.63. The fraction of sp³-hybridized carbons (Fsp3) is 0.500. The molecule has 1 aromatic rings. The molecule has 7 nitrogen and oxygen atoms in total. The van der Waals surface area contributed by atoms with Gasteiger partial charge in [0.25, 0.3) is 5.91 Å². The molecule has 0 saturated carbocycles. The van der Waals surface area contributed by atoms with Crippen LogP contribution in [0.1, 0.15) is 26.7 Å². The molecule has 0 saturated heterocycles. The second-order valence-corrected chi connectivity index (χ2v) is 5.89. The number of hydrogen-bond donors (Lipinski definition) is 1. The van der Waals surface area contributed by atoms with Gasteiger partial charge in [0.2, 0.25) is 5.91 Å². The molecule has 0 aliphatic heterocycles. The van der Waals surface area contributed by atoms with Crippen molar-refractivity contribution in [2.45, 2.75) is 26.7 Å². The van der Waals surface area contributed by atoms with Crippen LogP contribution in [0.5, 0.6) is 5.75 Å². The number of benzene rings is 1. The molecule has 8 heteroatoms. The number of esters is 1. The number of hydrogen-bond acceptors (Lipinski definition) is 5. The highest BCUT2D eigenvalue weighted by Gasteiger charge is 2.15. The molecule has 144 valence electrons. The molecule has 0 spiro atoms. The van der Waals surface area contributed by atoms with Gasteiger partial charge in [0.1, 0.15) is 5.75 Å². The predicted octanol–water partition coefficient (Wildman–Crippen LogP) is 2.03. The van der Waals surface area contributed by atoms with Crippen LogP contribution in [0, 0.1) is 0 Å². The van der Waals surface area contributed by atoms with E-state index in [0.717, 1.165) is 6.42 Å². The molecule has 0 aliphatic carbocycles. The maximum atomic E-state index is 12.2. The van der Waals surface area contributed by atoms with Crippen molar-refractivity contribution in [3.8, 4) is 5.75 Å². The highest BCUT2D eigenvalue weighted by molar-refractivity contribution is 6.30. The number of carbonyl (C=O) groups is 3. The molecule has 1 N–H and O–H groups in total. The summed E-state index contributed by atoms with van der Waals surface area (Å²) in [6.45, 7) is 4.40. The fourth-order valence-corrected chi connectivity index (χ4v) is 2.23. The van der Waals surface area contributed by atoms with Gasteiger partial charge in [-0.2, -0.15) is 0 Å². The zero-order valence-electron chi connectivity index (χ0n) is 15.1. The molecule has 1 rings (SSSR count). The second-order valence-electron chi connectivity index (χ2n) is 5.46. The van der Waals surface area contributed by atoms with Crippen molar-refractivity contribution in [2.24, 2.45) is 0 Å². The summed E-state index contributed by atoms with van der Waals surface area (Å²) in [4.78, 5) is 37.0. The molecular weight excluding hydrogens is 360 g/mol. The lowest BCUT2D eigenvalue weighted by molar-refractivity contribution is -0.144. The molecule has 1 aromatic carbocycles. The molecule has 0 radical (unpaired) electrons. The van der Waals surface area contributed by atoms with E-state index in [0.29, 0.717) is 23.9 Å². The Morgan fingerprint density at radius 2 is 1.81 bits per heavy atom. The van der Waals surface area contributed by atoms with E-state index in [1.165, 1.54) is 4.90 Å². The van der Waals surface area contributed by atoms with Crippen molar-refractivity contribution in [1.29, 1.82) is 0 Å². The Kier molecular flexibility index (Phi) is 10.2. The molecule has 0 aromatic heterocycles. The Morgan fingerprint density at radius 1 is 1.12 bits per heavy atom. The summed E-state index contributed by atoms with van der Waals surface area (Å²) in [5, 5.41) is 3.09. The smallest absolute Gasteiger partial charge is 0.307 e. The van der Waals surface area contributed by atoms with E-state index in [-0.39, 0.29) is 38.0 Å². The quantitative estimate of drug-likeness (QED) is 0.590. The van der Waals surface area contributed by atoms with Crippen LogP contribution in [0.4, 0.5) is 0 Å². The van der Waals surface area contributed by atoms with Crippen LogP contribution in [-0.2, 0) is 19.1 Å². The molecule has 0 bridgehead atoms. The molecule has 0 atom stereocenters. The van der Waals surface area contributed by atoms with E-state index in [1.54, 1.807) is 31.2 Å². The van der Waals surface area contributed by atoms with Crippen molar-refractivity contribution in [3.05, 3.63) is 29.3 Å². The molecule has 0 aliphatic rings. The minimum atomic E-state index is -0.407. The lowest BCUT2D eigenvalue weighted by Crippen LogP contribution is -2.42. The SMILES string of the molecule is CCCN(CCC(=O)OCC)C(=O)CNC(=O)COc1ccc(Cl)cc1. The van der Waals surface area contributed by atoms with Crippen LogP contribution in [0.3, 0.4) is 0 Å². The number of amides is 2. The third-order valence-electron chi connectivity index (χ3n) is 3.36. The maximum absolute atomic E-state index is 12.2. The Morgan fingerprint density at radius 3 is 2.42 bits per heavy atom. The number of halogens is 1. The van der Waals surface area contributed by atoms with Gasteiger partial charge < -0.3 is 19.7 Å². The Hall–Kier alpha value is -2.28. The van der Waals surface area contributed by atoms with E-state index in [1.807, 2.05) is 6.92 Å². The summed E-state index contributed by atoms with van der Waals surface area (Å²) in [5.74, 6) is -0.495. The summed E-state index contributed by atoms with van der Waals surface area (Å²) in [5.41, 5.74) is 0. The first kappa shape index (κ1) is 21.8. The van der Waals surface area contributed by atoms with E-state index in [4.69, 9.17) is 21.1 Å². The summed E-state index contributed by atoms with van der Waals surface area (Å²) >= 11 is 5.77. The predicted molar refractivity (Wildman–Crippen MR) is 98.1 cm³/mol. The van der Waals surface area contributed by atoms with Gasteiger partial charge >= 0.3 is 5.97 Å². The third kappa shape index (κ3) is 8.71. The number of ether oxygens (including phenoxy) is 2. The number of rotatable bonds is 11. The highest BCUT2D eigenvalue weighted by atomic mass is 35.5. The molecular formula is C18H25ClN2O5. The zero-order chi connectivity index (χ0) is 19.4. The Balaban J connectivity index is 2.36. The Bertz CT molecular complexity index is 592. The van der Waals surface area contributed by atoms with Gasteiger partial charge in [-0.05, 0) is 37.6 Å². The molecule has 26 heavy (non-hydrogen) atoms. The van der Waals surface area contributed by atoms with Gasteiger partial charge in [0, 0.05) is 18.1 Å². The van der Waals surface area contributed by atoms with Crippen molar-refractivity contribution in [1.82, 2.24) is 10.2 Å². The van der Waals surface area contributed by atoms with Crippen LogP contribution in [0.15, 0.2) is 24.3 Å². The summed E-state index contributed by atoms with van der Waals surface area (Å²) in [6, 6.07) is 6.62. The van der Waals surface area contributed by atoms with Crippen LogP contribution in [0.2, 0.25) is 5.02 Å². The maximum Gasteiger partial charge on any atom is 0.307 e. The lowest BCUT2D eigenvalue weighted by atomic mass is 10.3. The zero-order valence-corrected chi connectivity index (χ0v) is 15.9. The number of nitrogens with zero attached hydrogens (tertiary/aromatic N) is 1. The normalized spacial score (nSPS) is 10.1. The number of carbonyl (C=O) groups excluding carboxylic acids is 3. The second kappa shape index (κ2) is 12.1. The van der Waals surface area contributed by atoms with Crippen molar-refractivity contribution in [2.75, 3.05) is 32.8 Å². The first-order valence-electron chi connectivity index (χ1n) is 8.54. The number of nitrogens with one attached hydrogen (secondary N) is 1. The van der Waals surface area contributed by atoms with Crippen LogP contribution in [-0.4, -0.2) is 55.5 Å². The van der Waals surface area contributed by atoms with E-state index < -0.39 is 5.91 Å². The fourth-order valence-electron chi connectivity index (χ4n) is 2.11. The molecule has 0 heterocycles. The first-order chi connectivity index (χ1) is 12.5. The van der Waals surface area contributed by atoms with E-state index in [2.05, 4.69) is 5.32 Å². The summed E-state index contributed by atoms with van der Waals surface area (Å²) in [7, 11) is 0. The van der Waals surface area contributed by atoms with E-state index in [9.17, 15) is 14.4 Å². The Labute approximate surface area is 158 Å². The van der Waals surface area contributed by atoms with Gasteiger partial charge in [-0.1, -0.05) is 18.5 Å². The van der Waals surface area contributed by atoms with Gasteiger partial charge in [0.05, 0.1) is 19.6 Å². The first-order valence-corrected chi connectivity index (χ1v) is 8.92. The van der Waals surface area contributed by atoms with Crippen LogP contribution < -0.4 is 10.1 Å². The highest BCUT2D eigenvalue weighted by Crippen LogP contribution is 2.15. The molecule has 0 unspecified atom stereocenters. The average molecular weight is 385 g/mol. The van der Waals surface area contributed by atoms with Gasteiger partial charge in [-0.3, -0.25) is 14.4 Å². The van der Waals surface area contributed by atoms with Gasteiger partial charge in [-0.25, -0.2) is 0 Å². The minimum Gasteiger partial charge on any atom is -0.484 e. The van der Waals surface area contributed by atoms with Crippen molar-refractivity contribution in [3.63, 3.8) is 0 Å². The largest absolute Gasteiger partial charge is 0.484 e. The van der Waals surface area contributed by atoms with E-state index >= 15 is 0 Å². The summed E-state index contributed by atoms with van der Waals surface area (Å²) in [6.07, 6.45) is 0.884.